The predicted octanol–water partition coefficient (Wildman–Crippen LogP) is 21.4. The van der Waals surface area contributed by atoms with Gasteiger partial charge in [0.1, 0.15) is 6.07 Å². The van der Waals surface area contributed by atoms with Crippen LogP contribution < -0.4 is 0 Å². The van der Waals surface area contributed by atoms with E-state index in [2.05, 4.69) is 291 Å². The molecule has 0 spiro atoms. The Balaban J connectivity index is 1.15. The Kier molecular flexibility index (Phi) is 10.00. The van der Waals surface area contributed by atoms with Crippen LogP contribution in [-0.2, 0) is 0 Å². The van der Waals surface area contributed by atoms with Crippen LogP contribution >= 0.6 is 11.3 Å². The molecule has 0 aliphatic rings. The SMILES string of the molecule is [C-]#[N+]c1c(-n2c3ccccc3c3ccccc32)c(C#N)c(-n2c3ccccc3c3ccccc32)c(-n2c3cc(-c4c(-c5ccccc5)ccc5ccccc45)ccc3c3ccc4c5ccccc5sc4c32)c1-n1c2ccccc2c2ccccc21. The number of nitriles is 1. The molecule has 6 nitrogen and oxygen atoms in total. The van der Waals surface area contributed by atoms with Crippen LogP contribution in [0.4, 0.5) is 5.69 Å². The van der Waals surface area contributed by atoms with E-state index in [0.717, 1.165) is 130 Å². The van der Waals surface area contributed by atoms with E-state index in [0.29, 0.717) is 34.0 Å². The summed E-state index contributed by atoms with van der Waals surface area (Å²) in [5.41, 5.74) is 15.2. The van der Waals surface area contributed by atoms with Gasteiger partial charge in [-0.2, -0.15) is 5.26 Å². The summed E-state index contributed by atoms with van der Waals surface area (Å²) in [5, 5.41) is 25.8. The van der Waals surface area contributed by atoms with E-state index >= 15 is 0 Å². The molecule has 0 atom stereocenters. The zero-order valence-corrected chi connectivity index (χ0v) is 46.3. The van der Waals surface area contributed by atoms with E-state index in [1.165, 1.54) is 10.1 Å². The van der Waals surface area contributed by atoms with Gasteiger partial charge in [-0.3, -0.25) is 0 Å². The number of para-hydroxylation sites is 6. The first-order chi connectivity index (χ1) is 42.2. The number of benzene rings is 13. The molecule has 0 aliphatic carbocycles. The number of nitrogens with zero attached hydrogens (tertiary/aromatic N) is 6. The Hall–Kier alpha value is -11.5. The second-order valence-corrected chi connectivity index (χ2v) is 23.1. The summed E-state index contributed by atoms with van der Waals surface area (Å²) in [5.74, 6) is 0. The van der Waals surface area contributed by atoms with Crippen molar-refractivity contribution in [3.63, 3.8) is 0 Å². The van der Waals surface area contributed by atoms with Gasteiger partial charge in [-0.05, 0) is 81.6 Å². The summed E-state index contributed by atoms with van der Waals surface area (Å²) in [7, 11) is 0. The van der Waals surface area contributed by atoms with E-state index < -0.39 is 0 Å². The fourth-order valence-electron chi connectivity index (χ4n) is 14.4. The minimum atomic E-state index is 0.351. The molecule has 5 heterocycles. The van der Waals surface area contributed by atoms with Crippen LogP contribution in [0.3, 0.4) is 0 Å². The van der Waals surface area contributed by atoms with Crippen LogP contribution in [0.1, 0.15) is 5.56 Å². The number of thiophene rings is 1. The van der Waals surface area contributed by atoms with E-state index in [4.69, 9.17) is 4.85 Å². The molecule has 18 rings (SSSR count). The summed E-state index contributed by atoms with van der Waals surface area (Å²) in [6, 6.07) is 98.3. The van der Waals surface area contributed by atoms with Crippen LogP contribution in [0.2, 0.25) is 0 Å². The molecule has 0 fully saturated rings. The Labute approximate surface area is 490 Å². The summed E-state index contributed by atoms with van der Waals surface area (Å²) in [6.07, 6.45) is 0. The van der Waals surface area contributed by atoms with Crippen molar-refractivity contribution in [2.75, 3.05) is 0 Å². The van der Waals surface area contributed by atoms with Gasteiger partial charge in [-0.25, -0.2) is 4.85 Å². The number of hydrogen-bond acceptors (Lipinski definition) is 2. The van der Waals surface area contributed by atoms with Crippen molar-refractivity contribution >= 4 is 135 Å². The highest BCUT2D eigenvalue weighted by Gasteiger charge is 2.35. The highest BCUT2D eigenvalue weighted by atomic mass is 32.1. The Morgan fingerprint density at radius 1 is 0.341 bits per heavy atom. The number of hydrogen-bond donors (Lipinski definition) is 0. The largest absolute Gasteiger partial charge is 0.318 e. The van der Waals surface area contributed by atoms with Crippen LogP contribution in [0, 0.1) is 17.9 Å². The summed E-state index contributed by atoms with van der Waals surface area (Å²) in [6.45, 7) is 10.00. The normalized spacial score (nSPS) is 12.0. The lowest BCUT2D eigenvalue weighted by molar-refractivity contribution is 1.04. The first-order valence-corrected chi connectivity index (χ1v) is 29.4. The second kappa shape index (κ2) is 18.0. The topological polar surface area (TPSA) is 47.9 Å². The maximum absolute atomic E-state index is 12.8. The number of fused-ring (bicyclic) bond motifs is 17. The molecular formula is C78H44N6S. The second-order valence-electron chi connectivity index (χ2n) is 22.0. The summed E-state index contributed by atoms with van der Waals surface area (Å²) >= 11 is 1.79. The van der Waals surface area contributed by atoms with Crippen molar-refractivity contribution in [1.29, 1.82) is 5.26 Å². The molecule has 0 bridgehead atoms. The highest BCUT2D eigenvalue weighted by Crippen LogP contribution is 2.54. The van der Waals surface area contributed by atoms with Gasteiger partial charge in [-0.15, -0.1) is 11.3 Å². The van der Waals surface area contributed by atoms with Crippen LogP contribution in [0.5, 0.6) is 0 Å². The van der Waals surface area contributed by atoms with Gasteiger partial charge < -0.3 is 18.3 Å². The lowest BCUT2D eigenvalue weighted by Crippen LogP contribution is -2.14. The fraction of sp³-hybridized carbons (Fsp3) is 0. The lowest BCUT2D eigenvalue weighted by Gasteiger charge is -2.27. The van der Waals surface area contributed by atoms with Gasteiger partial charge in [0, 0.05) is 58.6 Å². The standard InChI is InChI=1S/C78H44N6S/c1-80-72-73(81-63-32-14-7-25-52(63)53-26-8-15-33-64(53)81)62(46-79)74(82-65-34-16-9-27-54(65)55-28-10-17-35-66(55)82)77(76(72)83-67-36-18-11-29-56(67)57-30-12-19-37-68(57)83)84-69-45-49(71-50-24-6-5-23-48(50)39-41-51(71)47-21-3-2-4-22-47)40-42-58(69)60-43-44-61-59-31-13-20-38-70(59)85-78(61)75(60)84/h2-45H. The summed E-state index contributed by atoms with van der Waals surface area (Å²) in [4.78, 5) is 4.87. The van der Waals surface area contributed by atoms with Gasteiger partial charge in [-0.1, -0.05) is 218 Å². The Morgan fingerprint density at radius 2 is 0.788 bits per heavy atom. The van der Waals surface area contributed by atoms with Crippen molar-refractivity contribution in [2.45, 2.75) is 0 Å². The first-order valence-electron chi connectivity index (χ1n) is 28.6. The van der Waals surface area contributed by atoms with Gasteiger partial charge in [0.25, 0.3) is 0 Å². The van der Waals surface area contributed by atoms with Crippen molar-refractivity contribution in [2.24, 2.45) is 0 Å². The molecular weight excluding hydrogens is 1050 g/mol. The molecule has 0 N–H and O–H groups in total. The van der Waals surface area contributed by atoms with E-state index in [1.54, 1.807) is 11.3 Å². The number of aromatic nitrogens is 4. The van der Waals surface area contributed by atoms with E-state index in [9.17, 15) is 11.8 Å². The zero-order chi connectivity index (χ0) is 56.0. The van der Waals surface area contributed by atoms with Crippen molar-refractivity contribution in [3.05, 3.63) is 284 Å². The molecule has 18 aromatic rings. The van der Waals surface area contributed by atoms with Gasteiger partial charge in [0.05, 0.1) is 83.7 Å². The first kappa shape index (κ1) is 47.2. The summed E-state index contributed by atoms with van der Waals surface area (Å²) < 4.78 is 11.6. The minimum absolute atomic E-state index is 0.351. The maximum atomic E-state index is 12.8. The van der Waals surface area contributed by atoms with Gasteiger partial charge in [0.2, 0.25) is 5.69 Å². The molecule has 0 amide bonds. The molecule has 5 aromatic heterocycles. The molecule has 0 unspecified atom stereocenters. The van der Waals surface area contributed by atoms with Crippen LogP contribution in [0.15, 0.2) is 267 Å². The molecule has 0 aliphatic heterocycles. The maximum Gasteiger partial charge on any atom is 0.237 e. The van der Waals surface area contributed by atoms with Crippen molar-refractivity contribution < 1.29 is 0 Å². The third-order valence-corrected chi connectivity index (χ3v) is 19.0. The molecule has 13 aromatic carbocycles. The average molecular weight is 1100 g/mol. The van der Waals surface area contributed by atoms with E-state index in [1.807, 2.05) is 0 Å². The third-order valence-electron chi connectivity index (χ3n) is 17.8. The molecule has 0 saturated carbocycles. The van der Waals surface area contributed by atoms with Crippen LogP contribution in [0.25, 0.3) is 168 Å². The van der Waals surface area contributed by atoms with E-state index in [-0.39, 0.29) is 0 Å². The zero-order valence-electron chi connectivity index (χ0n) is 45.5. The van der Waals surface area contributed by atoms with Gasteiger partial charge in [0.15, 0.2) is 0 Å². The minimum Gasteiger partial charge on any atom is -0.318 e. The average Bonchev–Trinajstić information content (AvgIpc) is 1.74. The monoisotopic (exact) mass is 1100 g/mol. The lowest BCUT2D eigenvalue weighted by atomic mass is 9.89. The van der Waals surface area contributed by atoms with Gasteiger partial charge >= 0.3 is 0 Å². The smallest absolute Gasteiger partial charge is 0.237 e. The third kappa shape index (κ3) is 6.50. The fourth-order valence-corrected chi connectivity index (χ4v) is 15.6. The van der Waals surface area contributed by atoms with Crippen molar-refractivity contribution in [3.8, 4) is 51.1 Å². The highest BCUT2D eigenvalue weighted by molar-refractivity contribution is 7.26. The van der Waals surface area contributed by atoms with Crippen LogP contribution in [-0.4, -0.2) is 18.3 Å². The molecule has 0 saturated heterocycles. The quantitative estimate of drug-likeness (QED) is 0.153. The van der Waals surface area contributed by atoms with Crippen molar-refractivity contribution in [1.82, 2.24) is 18.3 Å². The molecule has 85 heavy (non-hydrogen) atoms. The molecule has 392 valence electrons. The predicted molar refractivity (Wildman–Crippen MR) is 356 cm³/mol. The molecule has 7 heteroatoms. The molecule has 0 radical (unpaired) electrons. The Morgan fingerprint density at radius 3 is 1.34 bits per heavy atom. The number of rotatable bonds is 6. The Bertz CT molecular complexity index is 5700.